The fraction of sp³-hybridized carbons (Fsp3) is 0.556. The fourth-order valence-electron chi connectivity index (χ4n) is 3.61. The number of aromatic nitrogens is 2. The first-order valence-corrected chi connectivity index (χ1v) is 8.88. The van der Waals surface area contributed by atoms with Crippen LogP contribution in [0.3, 0.4) is 0 Å². The van der Waals surface area contributed by atoms with Crippen LogP contribution in [-0.2, 0) is 6.42 Å². The van der Waals surface area contributed by atoms with Crippen molar-refractivity contribution in [3.63, 3.8) is 0 Å². The standard InChI is InChI=1S/C18H25FN4O2/c1-3-14-15(19)8-12(17-22-23-18(24)25-17)9-16(14)21-10(2)11-4-6-13(20)7-5-11/h8-11,13,21H,3-7,20H2,1-2H3,(H,23,24)/t10-,11?,13?/m0/s1. The maximum atomic E-state index is 14.5. The number of aromatic amines is 1. The van der Waals surface area contributed by atoms with E-state index in [0.29, 0.717) is 29.5 Å². The molecule has 1 aliphatic carbocycles. The molecule has 1 fully saturated rings. The van der Waals surface area contributed by atoms with Gasteiger partial charge in [0.25, 0.3) is 0 Å². The lowest BCUT2D eigenvalue weighted by atomic mass is 9.82. The Hall–Kier alpha value is -2.15. The number of benzene rings is 1. The molecule has 1 atom stereocenters. The first kappa shape index (κ1) is 17.7. The average molecular weight is 348 g/mol. The van der Waals surface area contributed by atoms with Gasteiger partial charge in [0.1, 0.15) is 5.82 Å². The third-order valence-electron chi connectivity index (χ3n) is 5.14. The number of nitrogens with zero attached hydrogens (tertiary/aromatic N) is 1. The van der Waals surface area contributed by atoms with Gasteiger partial charge in [0.2, 0.25) is 5.89 Å². The van der Waals surface area contributed by atoms with Crippen molar-refractivity contribution in [2.45, 2.75) is 58.0 Å². The number of hydrogen-bond acceptors (Lipinski definition) is 5. The summed E-state index contributed by atoms with van der Waals surface area (Å²) >= 11 is 0. The van der Waals surface area contributed by atoms with Crippen molar-refractivity contribution in [1.29, 1.82) is 0 Å². The van der Waals surface area contributed by atoms with Gasteiger partial charge in [-0.2, -0.15) is 0 Å². The molecule has 7 heteroatoms. The molecule has 3 rings (SSSR count). The van der Waals surface area contributed by atoms with E-state index in [2.05, 4.69) is 22.4 Å². The molecule has 136 valence electrons. The Morgan fingerprint density at radius 2 is 2.12 bits per heavy atom. The molecular formula is C18H25FN4O2. The molecule has 1 aliphatic rings. The predicted octanol–water partition coefficient (Wildman–Crippen LogP) is 3.05. The molecule has 1 saturated carbocycles. The Balaban J connectivity index is 1.86. The number of hydrogen-bond donors (Lipinski definition) is 3. The molecular weight excluding hydrogens is 323 g/mol. The Labute approximate surface area is 146 Å². The van der Waals surface area contributed by atoms with Gasteiger partial charge in [-0.15, -0.1) is 5.10 Å². The van der Waals surface area contributed by atoms with Gasteiger partial charge >= 0.3 is 5.76 Å². The summed E-state index contributed by atoms with van der Waals surface area (Å²) in [6.45, 7) is 4.04. The smallest absolute Gasteiger partial charge is 0.388 e. The Bertz CT molecular complexity index is 778. The first-order valence-electron chi connectivity index (χ1n) is 8.88. The fourth-order valence-corrected chi connectivity index (χ4v) is 3.61. The molecule has 25 heavy (non-hydrogen) atoms. The summed E-state index contributed by atoms with van der Waals surface area (Å²) in [5.41, 5.74) is 7.78. The van der Waals surface area contributed by atoms with Crippen molar-refractivity contribution < 1.29 is 8.81 Å². The van der Waals surface area contributed by atoms with Gasteiger partial charge in [-0.1, -0.05) is 6.92 Å². The van der Waals surface area contributed by atoms with Gasteiger partial charge in [0.15, 0.2) is 0 Å². The minimum atomic E-state index is -0.656. The topological polar surface area (TPSA) is 96.9 Å². The number of anilines is 1. The second-order valence-electron chi connectivity index (χ2n) is 6.86. The van der Waals surface area contributed by atoms with Crippen molar-refractivity contribution in [3.8, 4) is 11.5 Å². The van der Waals surface area contributed by atoms with Crippen LogP contribution < -0.4 is 16.8 Å². The lowest BCUT2D eigenvalue weighted by molar-refractivity contribution is 0.302. The second-order valence-corrected chi connectivity index (χ2v) is 6.86. The highest BCUT2D eigenvalue weighted by Gasteiger charge is 2.24. The van der Waals surface area contributed by atoms with E-state index in [1.807, 2.05) is 6.92 Å². The minimum Gasteiger partial charge on any atom is -0.388 e. The first-order chi connectivity index (χ1) is 12.0. The summed E-state index contributed by atoms with van der Waals surface area (Å²) < 4.78 is 19.5. The van der Waals surface area contributed by atoms with Crippen LogP contribution >= 0.6 is 0 Å². The van der Waals surface area contributed by atoms with Gasteiger partial charge in [-0.3, -0.25) is 0 Å². The van der Waals surface area contributed by atoms with Crippen LogP contribution in [0.2, 0.25) is 0 Å². The van der Waals surface area contributed by atoms with Crippen LogP contribution in [0.25, 0.3) is 11.5 Å². The summed E-state index contributed by atoms with van der Waals surface area (Å²) in [5, 5.41) is 9.46. The number of nitrogens with one attached hydrogen (secondary N) is 2. The molecule has 0 radical (unpaired) electrons. The zero-order valence-electron chi connectivity index (χ0n) is 14.6. The quantitative estimate of drug-likeness (QED) is 0.771. The van der Waals surface area contributed by atoms with E-state index in [-0.39, 0.29) is 17.7 Å². The monoisotopic (exact) mass is 348 g/mol. The normalized spacial score (nSPS) is 21.9. The molecule has 1 aromatic heterocycles. The number of H-pyrrole nitrogens is 1. The predicted molar refractivity (Wildman–Crippen MR) is 94.9 cm³/mol. The average Bonchev–Trinajstić information content (AvgIpc) is 3.01. The van der Waals surface area contributed by atoms with Crippen LogP contribution in [0.15, 0.2) is 21.3 Å². The van der Waals surface area contributed by atoms with Crippen molar-refractivity contribution in [2.75, 3.05) is 5.32 Å². The largest absolute Gasteiger partial charge is 0.434 e. The van der Waals surface area contributed by atoms with E-state index < -0.39 is 5.76 Å². The molecule has 0 saturated heterocycles. The van der Waals surface area contributed by atoms with Gasteiger partial charge in [-0.05, 0) is 57.1 Å². The highest BCUT2D eigenvalue weighted by Crippen LogP contribution is 2.31. The molecule has 6 nitrogen and oxygen atoms in total. The van der Waals surface area contributed by atoms with Crippen molar-refractivity contribution in [1.82, 2.24) is 10.2 Å². The molecule has 4 N–H and O–H groups in total. The summed E-state index contributed by atoms with van der Waals surface area (Å²) in [4.78, 5) is 11.2. The number of nitrogens with two attached hydrogens (primary N) is 1. The summed E-state index contributed by atoms with van der Waals surface area (Å²) in [5.74, 6) is -0.382. The van der Waals surface area contributed by atoms with Gasteiger partial charge in [0.05, 0.1) is 0 Å². The Kier molecular flexibility index (Phi) is 5.22. The molecule has 0 spiro atoms. The van der Waals surface area contributed by atoms with E-state index >= 15 is 0 Å². The second kappa shape index (κ2) is 7.39. The molecule has 0 aliphatic heterocycles. The van der Waals surface area contributed by atoms with Gasteiger partial charge in [0, 0.05) is 28.9 Å². The Morgan fingerprint density at radius 1 is 1.40 bits per heavy atom. The van der Waals surface area contributed by atoms with Crippen molar-refractivity contribution in [3.05, 3.63) is 34.1 Å². The molecule has 1 heterocycles. The summed E-state index contributed by atoms with van der Waals surface area (Å²) in [7, 11) is 0. The zero-order valence-corrected chi connectivity index (χ0v) is 14.6. The van der Waals surface area contributed by atoms with Gasteiger partial charge < -0.3 is 15.5 Å². The van der Waals surface area contributed by atoms with E-state index in [1.54, 1.807) is 6.07 Å². The van der Waals surface area contributed by atoms with E-state index in [4.69, 9.17) is 10.2 Å². The number of rotatable bonds is 5. The summed E-state index contributed by atoms with van der Waals surface area (Å²) in [6, 6.07) is 3.66. The van der Waals surface area contributed by atoms with Crippen molar-refractivity contribution >= 4 is 5.69 Å². The van der Waals surface area contributed by atoms with Crippen molar-refractivity contribution in [2.24, 2.45) is 11.7 Å². The third-order valence-corrected chi connectivity index (χ3v) is 5.14. The third kappa shape index (κ3) is 3.92. The van der Waals surface area contributed by atoms with Crippen LogP contribution in [0.1, 0.15) is 45.1 Å². The molecule has 1 aromatic carbocycles. The minimum absolute atomic E-state index is 0.0888. The van der Waals surface area contributed by atoms with E-state index in [1.165, 1.54) is 6.07 Å². The zero-order chi connectivity index (χ0) is 18.0. The van der Waals surface area contributed by atoms with Crippen LogP contribution in [-0.4, -0.2) is 22.3 Å². The highest BCUT2D eigenvalue weighted by molar-refractivity contribution is 5.65. The maximum Gasteiger partial charge on any atom is 0.434 e. The maximum absolute atomic E-state index is 14.5. The SMILES string of the molecule is CCc1c(F)cc(-c2n[nH]c(=O)o2)cc1N[C@@H](C)C1CCC(N)CC1. The Morgan fingerprint density at radius 3 is 2.72 bits per heavy atom. The molecule has 0 unspecified atom stereocenters. The van der Waals surface area contributed by atoms with Crippen LogP contribution in [0.4, 0.5) is 10.1 Å². The van der Waals surface area contributed by atoms with E-state index in [0.717, 1.165) is 31.4 Å². The van der Waals surface area contributed by atoms with Gasteiger partial charge in [-0.25, -0.2) is 14.3 Å². The van der Waals surface area contributed by atoms with E-state index in [9.17, 15) is 9.18 Å². The molecule has 2 aromatic rings. The van der Waals surface area contributed by atoms with Crippen LogP contribution in [0, 0.1) is 11.7 Å². The lowest BCUT2D eigenvalue weighted by Gasteiger charge is -2.32. The molecule has 0 amide bonds. The highest BCUT2D eigenvalue weighted by atomic mass is 19.1. The summed E-state index contributed by atoms with van der Waals surface area (Å²) in [6.07, 6.45) is 4.79. The number of halogens is 1. The molecule has 0 bridgehead atoms. The van der Waals surface area contributed by atoms with Crippen LogP contribution in [0.5, 0.6) is 0 Å². The lowest BCUT2D eigenvalue weighted by Crippen LogP contribution is -2.34.